The monoisotopic (exact) mass is 242 g/mol. The van der Waals surface area contributed by atoms with Crippen molar-refractivity contribution >= 4 is 17.4 Å². The largest absolute Gasteiger partial charge is 0.493 e. The Morgan fingerprint density at radius 3 is 2.81 bits per heavy atom. The van der Waals surface area contributed by atoms with Crippen LogP contribution < -0.4 is 10.5 Å². The van der Waals surface area contributed by atoms with E-state index in [2.05, 4.69) is 0 Å². The van der Waals surface area contributed by atoms with E-state index in [4.69, 9.17) is 32.2 Å². The highest BCUT2D eigenvalue weighted by Gasteiger charge is 2.07. The van der Waals surface area contributed by atoms with Gasteiger partial charge >= 0.3 is 0 Å². The molecule has 0 atom stereocenters. The number of ether oxygens (including phenoxy) is 2. The van der Waals surface area contributed by atoms with E-state index in [1.165, 1.54) is 0 Å². The predicted molar refractivity (Wildman–Crippen MR) is 64.5 cm³/mol. The van der Waals surface area contributed by atoms with Crippen LogP contribution in [0.15, 0.2) is 18.2 Å². The van der Waals surface area contributed by atoms with Gasteiger partial charge in [0, 0.05) is 25.2 Å². The molecule has 88 valence electrons. The van der Waals surface area contributed by atoms with Gasteiger partial charge in [0.15, 0.2) is 0 Å². The van der Waals surface area contributed by atoms with E-state index in [-0.39, 0.29) is 5.84 Å². The van der Waals surface area contributed by atoms with Crippen LogP contribution in [0, 0.1) is 5.41 Å². The molecule has 16 heavy (non-hydrogen) atoms. The summed E-state index contributed by atoms with van der Waals surface area (Å²) in [7, 11) is 1.64. The summed E-state index contributed by atoms with van der Waals surface area (Å²) in [6, 6.07) is 5.04. The lowest BCUT2D eigenvalue weighted by atomic mass is 10.2. The van der Waals surface area contributed by atoms with Crippen molar-refractivity contribution in [3.63, 3.8) is 0 Å². The molecule has 0 radical (unpaired) electrons. The van der Waals surface area contributed by atoms with Crippen LogP contribution in [0.4, 0.5) is 0 Å². The van der Waals surface area contributed by atoms with Crippen LogP contribution in [0.1, 0.15) is 12.0 Å². The minimum Gasteiger partial charge on any atom is -0.493 e. The number of nitrogen functional groups attached to an aromatic ring is 1. The zero-order valence-corrected chi connectivity index (χ0v) is 9.88. The van der Waals surface area contributed by atoms with Gasteiger partial charge in [0.2, 0.25) is 0 Å². The van der Waals surface area contributed by atoms with E-state index in [0.717, 1.165) is 6.42 Å². The highest BCUT2D eigenvalue weighted by atomic mass is 35.5. The van der Waals surface area contributed by atoms with Gasteiger partial charge in [-0.05, 0) is 18.2 Å². The lowest BCUT2D eigenvalue weighted by Crippen LogP contribution is -2.13. The quantitative estimate of drug-likeness (QED) is 0.456. The third-order valence-electron chi connectivity index (χ3n) is 1.98. The van der Waals surface area contributed by atoms with Crippen molar-refractivity contribution < 1.29 is 9.47 Å². The van der Waals surface area contributed by atoms with Crippen LogP contribution in [-0.4, -0.2) is 26.2 Å². The molecule has 1 aromatic carbocycles. The van der Waals surface area contributed by atoms with Crippen LogP contribution in [0.5, 0.6) is 5.75 Å². The third-order valence-corrected chi connectivity index (χ3v) is 2.22. The number of rotatable bonds is 6. The Morgan fingerprint density at radius 2 is 2.19 bits per heavy atom. The number of methoxy groups -OCH3 is 1. The van der Waals surface area contributed by atoms with Gasteiger partial charge in [-0.15, -0.1) is 0 Å². The molecular weight excluding hydrogens is 228 g/mol. The molecule has 0 aliphatic rings. The van der Waals surface area contributed by atoms with Crippen molar-refractivity contribution in [2.24, 2.45) is 5.73 Å². The van der Waals surface area contributed by atoms with Crippen molar-refractivity contribution in [2.45, 2.75) is 6.42 Å². The molecule has 0 heterocycles. The molecule has 3 N–H and O–H groups in total. The fourth-order valence-corrected chi connectivity index (χ4v) is 1.40. The summed E-state index contributed by atoms with van der Waals surface area (Å²) in [6.07, 6.45) is 0.788. The van der Waals surface area contributed by atoms with E-state index in [9.17, 15) is 0 Å². The zero-order chi connectivity index (χ0) is 12.0. The third kappa shape index (κ3) is 3.72. The first-order valence-corrected chi connectivity index (χ1v) is 5.28. The first-order valence-electron chi connectivity index (χ1n) is 4.91. The summed E-state index contributed by atoms with van der Waals surface area (Å²) in [4.78, 5) is 0. The van der Waals surface area contributed by atoms with E-state index >= 15 is 0 Å². The van der Waals surface area contributed by atoms with Gasteiger partial charge in [0.25, 0.3) is 0 Å². The summed E-state index contributed by atoms with van der Waals surface area (Å²) in [6.45, 7) is 1.17. The van der Waals surface area contributed by atoms with E-state index < -0.39 is 0 Å². The molecule has 5 heteroatoms. The summed E-state index contributed by atoms with van der Waals surface area (Å²) in [5.74, 6) is 0.525. The first-order chi connectivity index (χ1) is 7.65. The molecule has 0 spiro atoms. The minimum atomic E-state index is -0.0516. The van der Waals surface area contributed by atoms with Gasteiger partial charge in [-0.1, -0.05) is 11.6 Å². The van der Waals surface area contributed by atoms with Crippen molar-refractivity contribution in [3.05, 3.63) is 28.8 Å². The molecule has 0 saturated heterocycles. The maximum Gasteiger partial charge on any atom is 0.130 e. The summed E-state index contributed by atoms with van der Waals surface area (Å²) < 4.78 is 10.4. The van der Waals surface area contributed by atoms with E-state index in [0.29, 0.717) is 29.5 Å². The Morgan fingerprint density at radius 1 is 1.44 bits per heavy atom. The fraction of sp³-hybridized carbons (Fsp3) is 0.364. The lowest BCUT2D eigenvalue weighted by Gasteiger charge is -2.10. The van der Waals surface area contributed by atoms with Gasteiger partial charge in [0.1, 0.15) is 11.6 Å². The highest BCUT2D eigenvalue weighted by molar-refractivity contribution is 6.31. The Balaban J connectivity index is 2.67. The molecule has 0 saturated carbocycles. The van der Waals surface area contributed by atoms with Gasteiger partial charge < -0.3 is 15.2 Å². The maximum absolute atomic E-state index is 7.40. The predicted octanol–water partition coefficient (Wildman–Crippen LogP) is 2.04. The van der Waals surface area contributed by atoms with Crippen LogP contribution in [-0.2, 0) is 4.74 Å². The smallest absolute Gasteiger partial charge is 0.130 e. The van der Waals surface area contributed by atoms with Gasteiger partial charge in [-0.25, -0.2) is 0 Å². The Kier molecular flexibility index (Phi) is 5.08. The average Bonchev–Trinajstić information content (AvgIpc) is 2.26. The normalized spacial score (nSPS) is 10.1. The standard InChI is InChI=1S/C11H15ClN2O2/c1-15-5-2-6-16-10-4-3-8(12)7-9(10)11(13)14/h3-4,7H,2,5-6H2,1H3,(H3,13,14). The molecule has 0 aromatic heterocycles. The van der Waals surface area contributed by atoms with E-state index in [1.54, 1.807) is 25.3 Å². The second-order valence-electron chi connectivity index (χ2n) is 3.25. The first kappa shape index (κ1) is 12.8. The van der Waals surface area contributed by atoms with Crippen molar-refractivity contribution in [1.29, 1.82) is 5.41 Å². The molecule has 0 bridgehead atoms. The van der Waals surface area contributed by atoms with Crippen LogP contribution in [0.3, 0.4) is 0 Å². The number of nitrogens with two attached hydrogens (primary N) is 1. The number of halogens is 1. The average molecular weight is 243 g/mol. The van der Waals surface area contributed by atoms with Crippen LogP contribution in [0.25, 0.3) is 0 Å². The molecule has 0 fully saturated rings. The number of nitrogens with one attached hydrogen (secondary N) is 1. The lowest BCUT2D eigenvalue weighted by molar-refractivity contribution is 0.172. The Hall–Kier alpha value is -1.26. The Bertz CT molecular complexity index is 369. The second-order valence-corrected chi connectivity index (χ2v) is 3.69. The highest BCUT2D eigenvalue weighted by Crippen LogP contribution is 2.22. The maximum atomic E-state index is 7.40. The second kappa shape index (κ2) is 6.35. The molecule has 0 aliphatic heterocycles. The van der Waals surface area contributed by atoms with Crippen LogP contribution in [0.2, 0.25) is 5.02 Å². The summed E-state index contributed by atoms with van der Waals surface area (Å²) in [5.41, 5.74) is 5.95. The molecule has 1 aromatic rings. The van der Waals surface area contributed by atoms with Crippen LogP contribution >= 0.6 is 11.6 Å². The summed E-state index contributed by atoms with van der Waals surface area (Å²) >= 11 is 5.82. The minimum absolute atomic E-state index is 0.0516. The van der Waals surface area contributed by atoms with Crippen molar-refractivity contribution in [3.8, 4) is 5.75 Å². The number of benzene rings is 1. The SMILES string of the molecule is COCCCOc1ccc(Cl)cc1C(=N)N. The van der Waals surface area contributed by atoms with E-state index in [1.807, 2.05) is 0 Å². The molecule has 4 nitrogen and oxygen atoms in total. The zero-order valence-electron chi connectivity index (χ0n) is 9.13. The topological polar surface area (TPSA) is 68.3 Å². The Labute approximate surface area is 99.8 Å². The molecule has 0 unspecified atom stereocenters. The molecule has 0 aliphatic carbocycles. The van der Waals surface area contributed by atoms with Gasteiger partial charge in [-0.3, -0.25) is 5.41 Å². The fourth-order valence-electron chi connectivity index (χ4n) is 1.22. The molecule has 0 amide bonds. The summed E-state index contributed by atoms with van der Waals surface area (Å²) in [5, 5.41) is 7.94. The molecular formula is C11H15ClN2O2. The van der Waals surface area contributed by atoms with Gasteiger partial charge in [0.05, 0.1) is 12.2 Å². The van der Waals surface area contributed by atoms with Crippen molar-refractivity contribution in [2.75, 3.05) is 20.3 Å². The number of amidine groups is 1. The number of hydrogen-bond acceptors (Lipinski definition) is 3. The van der Waals surface area contributed by atoms with Gasteiger partial charge in [-0.2, -0.15) is 0 Å². The van der Waals surface area contributed by atoms with Crippen molar-refractivity contribution in [1.82, 2.24) is 0 Å². The number of hydrogen-bond donors (Lipinski definition) is 2. The molecule has 1 rings (SSSR count).